The molecule has 0 aromatic rings. The lowest BCUT2D eigenvalue weighted by Crippen LogP contribution is -2.45. The Morgan fingerprint density at radius 1 is 1.44 bits per heavy atom. The van der Waals surface area contributed by atoms with Crippen molar-refractivity contribution in [3.63, 3.8) is 0 Å². The number of urea groups is 1. The fourth-order valence-corrected chi connectivity index (χ4v) is 2.91. The minimum Gasteiger partial charge on any atom is -0.333 e. The van der Waals surface area contributed by atoms with Gasteiger partial charge in [0.25, 0.3) is 0 Å². The number of fused-ring (bicyclic) bond motifs is 2. The second-order valence-electron chi connectivity index (χ2n) is 4.62. The first kappa shape index (κ1) is 11.3. The molecule has 2 saturated carbocycles. The lowest BCUT2D eigenvalue weighted by atomic mass is 9.95. The molecule has 0 aromatic carbocycles. The molecule has 3 atom stereocenters. The Morgan fingerprint density at radius 2 is 2.25 bits per heavy atom. The summed E-state index contributed by atoms with van der Waals surface area (Å²) in [5, 5.41) is 5.90. The third kappa shape index (κ3) is 2.15. The number of carbonyl (C=O) groups is 1. The van der Waals surface area contributed by atoms with Crippen molar-refractivity contribution in [2.45, 2.75) is 31.7 Å². The summed E-state index contributed by atoms with van der Waals surface area (Å²) in [5.41, 5.74) is 0. The number of hydrogen-bond donors (Lipinski definition) is 1. The molecular formula is C10H16FN3O2. The Balaban J connectivity index is 1.84. The highest BCUT2D eigenvalue weighted by molar-refractivity contribution is 5.74. The molecule has 0 aromatic heterocycles. The zero-order valence-electron chi connectivity index (χ0n) is 9.06. The molecular weight excluding hydrogens is 213 g/mol. The first-order valence-electron chi connectivity index (χ1n) is 5.72. The van der Waals surface area contributed by atoms with Crippen LogP contribution in [0.3, 0.4) is 0 Å². The molecule has 0 spiro atoms. The highest BCUT2D eigenvalue weighted by Gasteiger charge is 2.40. The number of rotatable bonds is 4. The van der Waals surface area contributed by atoms with Crippen molar-refractivity contribution in [1.82, 2.24) is 10.3 Å². The molecule has 2 amide bonds. The predicted molar refractivity (Wildman–Crippen MR) is 56.2 cm³/mol. The second-order valence-corrected chi connectivity index (χ2v) is 4.62. The number of nitrogens with one attached hydrogen (secondary N) is 1. The van der Waals surface area contributed by atoms with Crippen molar-refractivity contribution in [3.05, 3.63) is 4.91 Å². The van der Waals surface area contributed by atoms with Gasteiger partial charge in [-0.2, -0.15) is 5.01 Å². The van der Waals surface area contributed by atoms with E-state index in [1.165, 1.54) is 12.8 Å². The zero-order valence-corrected chi connectivity index (χ0v) is 9.06. The number of alkyl halides is 1. The van der Waals surface area contributed by atoms with Crippen LogP contribution in [0.2, 0.25) is 0 Å². The van der Waals surface area contributed by atoms with E-state index in [1.807, 2.05) is 0 Å². The van der Waals surface area contributed by atoms with Crippen LogP contribution in [0.25, 0.3) is 0 Å². The van der Waals surface area contributed by atoms with E-state index in [1.54, 1.807) is 0 Å². The van der Waals surface area contributed by atoms with Crippen LogP contribution in [0.4, 0.5) is 9.18 Å². The van der Waals surface area contributed by atoms with E-state index in [9.17, 15) is 14.1 Å². The van der Waals surface area contributed by atoms with Gasteiger partial charge < -0.3 is 5.32 Å². The number of carbonyl (C=O) groups excluding carboxylic acids is 1. The van der Waals surface area contributed by atoms with Crippen molar-refractivity contribution in [2.24, 2.45) is 17.1 Å². The van der Waals surface area contributed by atoms with Gasteiger partial charge in [-0.15, -0.1) is 4.91 Å². The fraction of sp³-hybridized carbons (Fsp3) is 0.900. The Bertz CT molecular complexity index is 287. The van der Waals surface area contributed by atoms with Gasteiger partial charge >= 0.3 is 6.03 Å². The van der Waals surface area contributed by atoms with Gasteiger partial charge in [-0.1, -0.05) is 6.42 Å². The molecule has 0 radical (unpaired) electrons. The minimum absolute atomic E-state index is 0.148. The molecule has 0 heterocycles. The van der Waals surface area contributed by atoms with Crippen molar-refractivity contribution in [1.29, 1.82) is 0 Å². The molecule has 5 nitrogen and oxygen atoms in total. The number of hydrogen-bond acceptors (Lipinski definition) is 3. The molecule has 2 fully saturated rings. The lowest BCUT2D eigenvalue weighted by Gasteiger charge is -2.24. The largest absolute Gasteiger partial charge is 0.340 e. The Hall–Kier alpha value is -1.20. The molecule has 1 N–H and O–H groups in total. The van der Waals surface area contributed by atoms with Crippen molar-refractivity contribution in [3.8, 4) is 0 Å². The lowest BCUT2D eigenvalue weighted by molar-refractivity contribution is 0.185. The zero-order chi connectivity index (χ0) is 11.5. The molecule has 16 heavy (non-hydrogen) atoms. The van der Waals surface area contributed by atoms with E-state index in [-0.39, 0.29) is 12.6 Å². The van der Waals surface area contributed by atoms with Gasteiger partial charge in [-0.05, 0) is 31.1 Å². The minimum atomic E-state index is -0.754. The average Bonchev–Trinajstić information content (AvgIpc) is 2.87. The summed E-state index contributed by atoms with van der Waals surface area (Å²) in [6, 6.07) is -0.416. The quantitative estimate of drug-likeness (QED) is 0.590. The molecule has 0 unspecified atom stereocenters. The molecule has 0 saturated heterocycles. The topological polar surface area (TPSA) is 61.8 Å². The molecule has 6 heteroatoms. The number of nitroso groups, excluding NO2 is 1. The van der Waals surface area contributed by atoms with Crippen LogP contribution in [0.15, 0.2) is 5.29 Å². The normalized spacial score (nSPS) is 31.4. The number of halogens is 1. The maximum atomic E-state index is 12.0. The number of nitrogens with zero attached hydrogens (tertiary/aromatic N) is 2. The summed E-state index contributed by atoms with van der Waals surface area (Å²) in [6.45, 7) is -1.02. The molecule has 2 aliphatic carbocycles. The van der Waals surface area contributed by atoms with Gasteiger partial charge in [-0.3, -0.25) is 0 Å². The molecule has 2 rings (SSSR count). The van der Waals surface area contributed by atoms with Crippen LogP contribution in [0, 0.1) is 16.7 Å². The summed E-state index contributed by atoms with van der Waals surface area (Å²) in [4.78, 5) is 21.9. The Morgan fingerprint density at radius 3 is 2.75 bits per heavy atom. The predicted octanol–water partition coefficient (Wildman–Crippen LogP) is 1.84. The third-order valence-electron chi connectivity index (χ3n) is 3.68. The van der Waals surface area contributed by atoms with Gasteiger partial charge in [0.1, 0.15) is 6.67 Å². The van der Waals surface area contributed by atoms with E-state index in [0.717, 1.165) is 12.8 Å². The van der Waals surface area contributed by atoms with Gasteiger partial charge in [0.15, 0.2) is 0 Å². The average molecular weight is 229 g/mol. The van der Waals surface area contributed by atoms with Crippen LogP contribution in [0.1, 0.15) is 25.7 Å². The summed E-state index contributed by atoms with van der Waals surface area (Å²) in [7, 11) is 0. The smallest absolute Gasteiger partial charge is 0.333 e. The van der Waals surface area contributed by atoms with Crippen LogP contribution in [-0.4, -0.2) is 30.3 Å². The summed E-state index contributed by atoms with van der Waals surface area (Å²) < 4.78 is 12.0. The molecule has 2 aliphatic rings. The summed E-state index contributed by atoms with van der Waals surface area (Å²) in [5.74, 6) is 1.25. The maximum absolute atomic E-state index is 12.0. The van der Waals surface area contributed by atoms with E-state index < -0.39 is 12.7 Å². The van der Waals surface area contributed by atoms with Crippen LogP contribution in [-0.2, 0) is 0 Å². The van der Waals surface area contributed by atoms with Gasteiger partial charge in [0.2, 0.25) is 0 Å². The highest BCUT2D eigenvalue weighted by Crippen LogP contribution is 2.44. The highest BCUT2D eigenvalue weighted by atomic mass is 19.1. The first-order valence-corrected chi connectivity index (χ1v) is 5.72. The SMILES string of the molecule is O=NN(CCF)C(=O)N[C@H]1C[C@H]2CC[C@H]1C2. The van der Waals surface area contributed by atoms with Crippen molar-refractivity contribution < 1.29 is 9.18 Å². The van der Waals surface area contributed by atoms with E-state index in [0.29, 0.717) is 16.8 Å². The van der Waals surface area contributed by atoms with Crippen molar-refractivity contribution in [2.75, 3.05) is 13.2 Å². The molecule has 90 valence electrons. The molecule has 0 aliphatic heterocycles. The van der Waals surface area contributed by atoms with E-state index in [2.05, 4.69) is 10.6 Å². The first-order chi connectivity index (χ1) is 7.74. The Labute approximate surface area is 93.3 Å². The second kappa shape index (κ2) is 4.76. The summed E-state index contributed by atoms with van der Waals surface area (Å²) in [6.07, 6.45) is 4.55. The third-order valence-corrected chi connectivity index (χ3v) is 3.68. The number of amides is 2. The van der Waals surface area contributed by atoms with Gasteiger partial charge in [0, 0.05) is 6.04 Å². The molecule has 2 bridgehead atoms. The van der Waals surface area contributed by atoms with E-state index >= 15 is 0 Å². The van der Waals surface area contributed by atoms with Crippen molar-refractivity contribution >= 4 is 6.03 Å². The van der Waals surface area contributed by atoms with Gasteiger partial charge in [-0.25, -0.2) is 9.18 Å². The fourth-order valence-electron chi connectivity index (χ4n) is 2.91. The summed E-state index contributed by atoms with van der Waals surface area (Å²) >= 11 is 0. The van der Waals surface area contributed by atoms with Crippen LogP contribution in [0.5, 0.6) is 0 Å². The van der Waals surface area contributed by atoms with Gasteiger partial charge in [0.05, 0.1) is 11.8 Å². The van der Waals surface area contributed by atoms with E-state index in [4.69, 9.17) is 0 Å². The van der Waals surface area contributed by atoms with Crippen LogP contribution < -0.4 is 5.32 Å². The van der Waals surface area contributed by atoms with Crippen LogP contribution >= 0.6 is 0 Å². The Kier molecular flexibility index (Phi) is 3.36. The standard InChI is InChI=1S/C10H16FN3O2/c11-3-4-14(13-16)10(15)12-9-6-7-1-2-8(9)5-7/h7-9H,1-6H2,(H,12,15)/t7-,8-,9-/m0/s1. The maximum Gasteiger partial charge on any atom is 0.340 e. The monoisotopic (exact) mass is 229 g/mol.